The molecule has 5 rings (SSSR count). The Labute approximate surface area is 187 Å². The lowest BCUT2D eigenvalue weighted by molar-refractivity contribution is 0.597. The summed E-state index contributed by atoms with van der Waals surface area (Å²) in [5.41, 5.74) is 8.62. The molecule has 0 spiro atoms. The number of pyridine rings is 1. The molecule has 0 bridgehead atoms. The van der Waals surface area contributed by atoms with Crippen molar-refractivity contribution >= 4 is 55.7 Å². The van der Waals surface area contributed by atoms with E-state index in [1.807, 2.05) is 6.07 Å². The van der Waals surface area contributed by atoms with Gasteiger partial charge < -0.3 is 5.73 Å². The molecule has 5 aromatic rings. The van der Waals surface area contributed by atoms with Gasteiger partial charge in [0.1, 0.15) is 16.2 Å². The lowest BCUT2D eigenvalue weighted by Gasteiger charge is -2.05. The Kier molecular flexibility index (Phi) is 4.84. The molecule has 2 aromatic carbocycles. The molecule has 0 unspecified atom stereocenters. The summed E-state index contributed by atoms with van der Waals surface area (Å²) in [5.74, 6) is -0.0874. The molecular weight excluding hydrogens is 448 g/mol. The van der Waals surface area contributed by atoms with Gasteiger partial charge in [-0.15, -0.1) is 0 Å². The molecule has 8 nitrogen and oxygen atoms in total. The van der Waals surface area contributed by atoms with Crippen LogP contribution in [0.3, 0.4) is 0 Å². The molecule has 0 aliphatic rings. The molecule has 10 heteroatoms. The summed E-state index contributed by atoms with van der Waals surface area (Å²) in [6.45, 7) is 0. The number of hydrogen-bond donors (Lipinski definition) is 1. The van der Waals surface area contributed by atoms with Crippen molar-refractivity contribution in [3.63, 3.8) is 0 Å². The molecule has 3 heterocycles. The topological polar surface area (TPSA) is 116 Å². The number of halogens is 1. The van der Waals surface area contributed by atoms with Gasteiger partial charge in [-0.25, -0.2) is 18.4 Å². The largest absolute Gasteiger partial charge is 0.382 e. The third kappa shape index (κ3) is 3.37. The zero-order chi connectivity index (χ0) is 22.3. The van der Waals surface area contributed by atoms with Gasteiger partial charge in [-0.05, 0) is 54.1 Å². The fraction of sp³-hybridized carbons (Fsp3) is 0. The van der Waals surface area contributed by atoms with E-state index in [1.165, 1.54) is 28.9 Å². The van der Waals surface area contributed by atoms with Gasteiger partial charge in [0, 0.05) is 17.4 Å². The van der Waals surface area contributed by atoms with Crippen molar-refractivity contribution in [1.82, 2.24) is 19.6 Å². The lowest BCUT2D eigenvalue weighted by Crippen LogP contribution is -2.06. The number of anilines is 1. The SMILES string of the molecule is Nc1c(S(=O)(=O)c2ccc(Cl)cc2)c2nc3ccccc3nc2n1/N=C\c1ccncc1. The molecule has 0 atom stereocenters. The van der Waals surface area contributed by atoms with E-state index in [2.05, 4.69) is 20.1 Å². The minimum Gasteiger partial charge on any atom is -0.382 e. The highest BCUT2D eigenvalue weighted by Crippen LogP contribution is 2.35. The van der Waals surface area contributed by atoms with Crippen LogP contribution in [0.25, 0.3) is 22.2 Å². The van der Waals surface area contributed by atoms with E-state index in [-0.39, 0.29) is 26.8 Å². The van der Waals surface area contributed by atoms with Crippen LogP contribution in [-0.2, 0) is 9.84 Å². The molecular formula is C22H15ClN6O2S. The average Bonchev–Trinajstić information content (AvgIpc) is 3.07. The summed E-state index contributed by atoms with van der Waals surface area (Å²) < 4.78 is 28.4. The van der Waals surface area contributed by atoms with Crippen LogP contribution in [0.1, 0.15) is 5.56 Å². The Balaban J connectivity index is 1.81. The Morgan fingerprint density at radius 1 is 0.938 bits per heavy atom. The first kappa shape index (κ1) is 20.1. The van der Waals surface area contributed by atoms with Gasteiger partial charge in [0.15, 0.2) is 5.65 Å². The maximum atomic E-state index is 13.5. The second kappa shape index (κ2) is 7.70. The number of sulfone groups is 1. The lowest BCUT2D eigenvalue weighted by atomic mass is 10.3. The quantitative estimate of drug-likeness (QED) is 0.404. The summed E-state index contributed by atoms with van der Waals surface area (Å²) in [4.78, 5) is 13.0. The van der Waals surface area contributed by atoms with Gasteiger partial charge in [0.2, 0.25) is 9.84 Å². The molecule has 3 aromatic heterocycles. The van der Waals surface area contributed by atoms with Crippen LogP contribution in [0.15, 0.2) is 87.9 Å². The zero-order valence-electron chi connectivity index (χ0n) is 16.4. The predicted octanol–water partition coefficient (Wildman–Crippen LogP) is 3.93. The van der Waals surface area contributed by atoms with Crippen molar-refractivity contribution in [3.05, 3.63) is 83.6 Å². The fourth-order valence-corrected chi connectivity index (χ4v) is 4.92. The summed E-state index contributed by atoms with van der Waals surface area (Å²) >= 11 is 5.93. The number of aromatic nitrogens is 4. The molecule has 2 N–H and O–H groups in total. The summed E-state index contributed by atoms with van der Waals surface area (Å²) in [7, 11) is -4.03. The first-order valence-electron chi connectivity index (χ1n) is 9.47. The third-order valence-corrected chi connectivity index (χ3v) is 6.93. The normalized spacial score (nSPS) is 12.2. The number of rotatable bonds is 4. The monoisotopic (exact) mass is 462 g/mol. The Bertz CT molecular complexity index is 1600. The maximum Gasteiger partial charge on any atom is 0.212 e. The number of fused-ring (bicyclic) bond motifs is 2. The molecule has 0 aliphatic heterocycles. The Hall–Kier alpha value is -3.82. The first-order chi connectivity index (χ1) is 15.4. The van der Waals surface area contributed by atoms with Gasteiger partial charge >= 0.3 is 0 Å². The van der Waals surface area contributed by atoms with E-state index in [9.17, 15) is 8.42 Å². The highest BCUT2D eigenvalue weighted by molar-refractivity contribution is 7.92. The van der Waals surface area contributed by atoms with Gasteiger partial charge in [-0.2, -0.15) is 9.78 Å². The van der Waals surface area contributed by atoms with Crippen LogP contribution >= 0.6 is 11.6 Å². The third-order valence-electron chi connectivity index (χ3n) is 4.85. The van der Waals surface area contributed by atoms with Crippen molar-refractivity contribution in [3.8, 4) is 0 Å². The highest BCUT2D eigenvalue weighted by atomic mass is 35.5. The van der Waals surface area contributed by atoms with Gasteiger partial charge in [0.25, 0.3) is 0 Å². The predicted molar refractivity (Wildman–Crippen MR) is 124 cm³/mol. The molecule has 158 valence electrons. The minimum atomic E-state index is -4.03. The minimum absolute atomic E-state index is 0.0423. The standard InChI is InChI=1S/C22H15ClN6O2S/c23-15-5-7-16(8-6-15)32(30,31)20-19-22(28-18-4-2-1-3-17(18)27-19)29(21(20)24)26-13-14-9-11-25-12-10-14/h1-13H,24H2/b26-13-. The van der Waals surface area contributed by atoms with Gasteiger partial charge in [-0.1, -0.05) is 23.7 Å². The van der Waals surface area contributed by atoms with Crippen LogP contribution < -0.4 is 5.73 Å². The number of nitrogen functional groups attached to an aromatic ring is 1. The maximum absolute atomic E-state index is 13.5. The van der Waals surface area contributed by atoms with E-state index >= 15 is 0 Å². The van der Waals surface area contributed by atoms with E-state index in [0.29, 0.717) is 16.1 Å². The second-order valence-corrected chi connectivity index (χ2v) is 9.22. The molecule has 0 saturated carbocycles. The van der Waals surface area contributed by atoms with Crippen LogP contribution in [0.5, 0.6) is 0 Å². The molecule has 32 heavy (non-hydrogen) atoms. The van der Waals surface area contributed by atoms with E-state index in [1.54, 1.807) is 48.9 Å². The smallest absolute Gasteiger partial charge is 0.212 e. The first-order valence-corrected chi connectivity index (χ1v) is 11.3. The van der Waals surface area contributed by atoms with Crippen molar-refractivity contribution in [1.29, 1.82) is 0 Å². The number of nitrogens with two attached hydrogens (primary N) is 1. The van der Waals surface area contributed by atoms with Crippen molar-refractivity contribution in [2.24, 2.45) is 5.10 Å². The molecule has 0 saturated heterocycles. The number of nitrogens with zero attached hydrogens (tertiary/aromatic N) is 5. The van der Waals surface area contributed by atoms with E-state index < -0.39 is 9.84 Å². The van der Waals surface area contributed by atoms with Crippen LogP contribution in [-0.4, -0.2) is 34.3 Å². The number of para-hydroxylation sites is 2. The van der Waals surface area contributed by atoms with Crippen molar-refractivity contribution < 1.29 is 8.42 Å². The molecule has 0 fully saturated rings. The van der Waals surface area contributed by atoms with Crippen LogP contribution in [0, 0.1) is 0 Å². The van der Waals surface area contributed by atoms with Crippen LogP contribution in [0.2, 0.25) is 5.02 Å². The summed E-state index contributed by atoms with van der Waals surface area (Å²) in [5, 5.41) is 4.83. The molecule has 0 amide bonds. The van der Waals surface area contributed by atoms with Gasteiger partial charge in [-0.3, -0.25) is 4.98 Å². The average molecular weight is 463 g/mol. The highest BCUT2D eigenvalue weighted by Gasteiger charge is 2.30. The Morgan fingerprint density at radius 2 is 1.59 bits per heavy atom. The Morgan fingerprint density at radius 3 is 2.28 bits per heavy atom. The van der Waals surface area contributed by atoms with Gasteiger partial charge in [0.05, 0.1) is 22.1 Å². The van der Waals surface area contributed by atoms with Crippen molar-refractivity contribution in [2.75, 3.05) is 5.73 Å². The number of benzene rings is 2. The number of hydrogen-bond acceptors (Lipinski definition) is 7. The second-order valence-electron chi connectivity index (χ2n) is 6.89. The van der Waals surface area contributed by atoms with Crippen molar-refractivity contribution in [2.45, 2.75) is 9.79 Å². The molecule has 0 radical (unpaired) electrons. The zero-order valence-corrected chi connectivity index (χ0v) is 18.0. The summed E-state index contributed by atoms with van der Waals surface area (Å²) in [6.07, 6.45) is 4.80. The van der Waals surface area contributed by atoms with Crippen LogP contribution in [0.4, 0.5) is 5.82 Å². The molecule has 0 aliphatic carbocycles. The van der Waals surface area contributed by atoms with E-state index in [0.717, 1.165) is 5.56 Å². The summed E-state index contributed by atoms with van der Waals surface area (Å²) in [6, 6.07) is 16.6. The van der Waals surface area contributed by atoms with E-state index in [4.69, 9.17) is 17.3 Å². The fourth-order valence-electron chi connectivity index (χ4n) is 3.31.